The smallest absolute Gasteiger partial charge is 0.0302 e. The van der Waals surface area contributed by atoms with Crippen LogP contribution in [0.3, 0.4) is 0 Å². The molecule has 0 spiro atoms. The first-order valence-electron chi connectivity index (χ1n) is 4.34. The number of hydrogen-bond acceptors (Lipinski definition) is 1. The predicted octanol–water partition coefficient (Wildman–Crippen LogP) is 2.52. The Balaban J connectivity index is 2.26. The first kappa shape index (κ1) is 6.84. The van der Waals surface area contributed by atoms with Crippen LogP contribution in [-0.2, 0) is 6.42 Å². The normalized spacial score (nSPS) is 16.8. The quantitative estimate of drug-likeness (QED) is 0.626. The van der Waals surface area contributed by atoms with E-state index in [1.165, 1.54) is 24.0 Å². The summed E-state index contributed by atoms with van der Waals surface area (Å²) in [5, 5.41) is 0. The maximum Gasteiger partial charge on any atom is 0.0302 e. The van der Waals surface area contributed by atoms with Crippen LogP contribution >= 0.6 is 0 Å². The van der Waals surface area contributed by atoms with E-state index in [0.717, 1.165) is 12.3 Å². The fourth-order valence-corrected chi connectivity index (χ4v) is 1.34. The van der Waals surface area contributed by atoms with E-state index in [0.29, 0.717) is 0 Å². The van der Waals surface area contributed by atoms with Gasteiger partial charge in [-0.25, -0.2) is 0 Å². The molecule has 1 aliphatic rings. The number of nitrogens with zero attached hydrogens (tertiary/aromatic N) is 1. The summed E-state index contributed by atoms with van der Waals surface area (Å²) < 4.78 is 0. The summed E-state index contributed by atoms with van der Waals surface area (Å²) in [5.41, 5.74) is 2.82. The summed E-state index contributed by atoms with van der Waals surface area (Å²) in [5.74, 6) is 0.842. The Morgan fingerprint density at radius 2 is 2.27 bits per heavy atom. The van der Waals surface area contributed by atoms with Gasteiger partial charge in [-0.1, -0.05) is 13.0 Å². The molecule has 1 fully saturated rings. The molecule has 1 heterocycles. The summed E-state index contributed by atoms with van der Waals surface area (Å²) in [6.07, 6.45) is 7.82. The Morgan fingerprint density at radius 3 is 2.91 bits per heavy atom. The molecule has 1 saturated carbocycles. The predicted molar refractivity (Wildman–Crippen MR) is 45.6 cm³/mol. The lowest BCUT2D eigenvalue weighted by Gasteiger charge is -1.99. The van der Waals surface area contributed by atoms with Crippen LogP contribution in [-0.4, -0.2) is 4.98 Å². The molecule has 0 amide bonds. The van der Waals surface area contributed by atoms with Crippen molar-refractivity contribution in [2.75, 3.05) is 0 Å². The molecule has 0 aromatic carbocycles. The maximum absolute atomic E-state index is 4.22. The first-order valence-corrected chi connectivity index (χ1v) is 4.34. The number of aromatic nitrogens is 1. The van der Waals surface area contributed by atoms with Gasteiger partial charge >= 0.3 is 0 Å². The molecule has 1 nitrogen and oxygen atoms in total. The molecule has 0 radical (unpaired) electrons. The first-order chi connectivity index (χ1) is 5.40. The van der Waals surface area contributed by atoms with Crippen molar-refractivity contribution in [3.63, 3.8) is 0 Å². The second-order valence-corrected chi connectivity index (χ2v) is 3.25. The molecule has 1 aromatic heterocycles. The average molecular weight is 147 g/mol. The third-order valence-electron chi connectivity index (χ3n) is 2.27. The molecular weight excluding hydrogens is 134 g/mol. The highest BCUT2D eigenvalue weighted by atomic mass is 14.6. The van der Waals surface area contributed by atoms with Crippen molar-refractivity contribution in [1.29, 1.82) is 0 Å². The van der Waals surface area contributed by atoms with E-state index in [1.54, 1.807) is 0 Å². The van der Waals surface area contributed by atoms with E-state index in [1.807, 2.05) is 12.4 Å². The SMILES string of the molecule is CCc1cncc(C2CC2)c1. The fourth-order valence-electron chi connectivity index (χ4n) is 1.34. The number of pyridine rings is 1. The summed E-state index contributed by atoms with van der Waals surface area (Å²) in [6.45, 7) is 2.17. The summed E-state index contributed by atoms with van der Waals surface area (Å²) in [7, 11) is 0. The van der Waals surface area contributed by atoms with Gasteiger partial charge in [0.2, 0.25) is 0 Å². The van der Waals surface area contributed by atoms with Crippen molar-refractivity contribution in [3.8, 4) is 0 Å². The van der Waals surface area contributed by atoms with Crippen molar-refractivity contribution in [3.05, 3.63) is 29.6 Å². The van der Waals surface area contributed by atoms with Crippen molar-refractivity contribution >= 4 is 0 Å². The highest BCUT2D eigenvalue weighted by molar-refractivity contribution is 5.24. The summed E-state index contributed by atoms with van der Waals surface area (Å²) in [6, 6.07) is 2.30. The minimum atomic E-state index is 0.842. The second-order valence-electron chi connectivity index (χ2n) is 3.25. The van der Waals surface area contributed by atoms with Gasteiger partial charge in [0, 0.05) is 12.4 Å². The Hall–Kier alpha value is -0.850. The van der Waals surface area contributed by atoms with E-state index in [9.17, 15) is 0 Å². The molecule has 0 saturated heterocycles. The van der Waals surface area contributed by atoms with Gasteiger partial charge in [0.1, 0.15) is 0 Å². The zero-order valence-electron chi connectivity index (χ0n) is 6.88. The lowest BCUT2D eigenvalue weighted by molar-refractivity contribution is 1.04. The monoisotopic (exact) mass is 147 g/mol. The molecule has 0 N–H and O–H groups in total. The van der Waals surface area contributed by atoms with Gasteiger partial charge in [0.25, 0.3) is 0 Å². The lowest BCUT2D eigenvalue weighted by atomic mass is 10.1. The van der Waals surface area contributed by atoms with Gasteiger partial charge in [-0.3, -0.25) is 4.98 Å². The summed E-state index contributed by atoms with van der Waals surface area (Å²) in [4.78, 5) is 4.22. The molecule has 1 heteroatoms. The fraction of sp³-hybridized carbons (Fsp3) is 0.500. The van der Waals surface area contributed by atoms with Gasteiger partial charge in [0.05, 0.1) is 0 Å². The minimum absolute atomic E-state index is 0.842. The third-order valence-corrected chi connectivity index (χ3v) is 2.27. The topological polar surface area (TPSA) is 12.9 Å². The van der Waals surface area contributed by atoms with Crippen molar-refractivity contribution < 1.29 is 0 Å². The molecule has 58 valence electrons. The molecular formula is C10H13N. The van der Waals surface area contributed by atoms with Crippen LogP contribution in [0.15, 0.2) is 18.5 Å². The van der Waals surface area contributed by atoms with Crippen LogP contribution < -0.4 is 0 Å². The second kappa shape index (κ2) is 2.65. The molecule has 0 bridgehead atoms. The van der Waals surface area contributed by atoms with E-state index >= 15 is 0 Å². The van der Waals surface area contributed by atoms with E-state index < -0.39 is 0 Å². The lowest BCUT2D eigenvalue weighted by Crippen LogP contribution is -1.86. The third kappa shape index (κ3) is 1.42. The van der Waals surface area contributed by atoms with Gasteiger partial charge in [0.15, 0.2) is 0 Å². The zero-order chi connectivity index (χ0) is 7.68. The van der Waals surface area contributed by atoms with Crippen molar-refractivity contribution in [1.82, 2.24) is 4.98 Å². The van der Waals surface area contributed by atoms with Crippen LogP contribution in [0, 0.1) is 0 Å². The van der Waals surface area contributed by atoms with E-state index in [4.69, 9.17) is 0 Å². The molecule has 0 unspecified atom stereocenters. The summed E-state index contributed by atoms with van der Waals surface area (Å²) >= 11 is 0. The highest BCUT2D eigenvalue weighted by Gasteiger charge is 2.23. The Labute approximate surface area is 67.5 Å². The van der Waals surface area contributed by atoms with Gasteiger partial charge in [-0.2, -0.15) is 0 Å². The van der Waals surface area contributed by atoms with Gasteiger partial charge < -0.3 is 0 Å². The number of aryl methyl sites for hydroxylation is 1. The van der Waals surface area contributed by atoms with Gasteiger partial charge in [-0.15, -0.1) is 0 Å². The van der Waals surface area contributed by atoms with Gasteiger partial charge in [-0.05, 0) is 36.3 Å². The van der Waals surface area contributed by atoms with Crippen LogP contribution in [0.25, 0.3) is 0 Å². The van der Waals surface area contributed by atoms with Crippen LogP contribution in [0.1, 0.15) is 36.8 Å². The number of rotatable bonds is 2. The Bertz CT molecular complexity index is 251. The molecule has 1 aromatic rings. The van der Waals surface area contributed by atoms with Crippen LogP contribution in [0.4, 0.5) is 0 Å². The van der Waals surface area contributed by atoms with Crippen molar-refractivity contribution in [2.45, 2.75) is 32.1 Å². The largest absolute Gasteiger partial charge is 0.264 e. The molecule has 0 atom stereocenters. The number of hydrogen-bond donors (Lipinski definition) is 0. The molecule has 11 heavy (non-hydrogen) atoms. The average Bonchev–Trinajstić information content (AvgIpc) is 2.87. The Morgan fingerprint density at radius 1 is 1.45 bits per heavy atom. The molecule has 2 rings (SSSR count). The highest BCUT2D eigenvalue weighted by Crippen LogP contribution is 2.39. The van der Waals surface area contributed by atoms with Crippen LogP contribution in [0.2, 0.25) is 0 Å². The molecule has 1 aliphatic carbocycles. The Kier molecular flexibility index (Phi) is 1.65. The zero-order valence-corrected chi connectivity index (χ0v) is 6.88. The standard InChI is InChI=1S/C10H13N/c1-2-8-5-10(7-11-6-8)9-3-4-9/h5-7,9H,2-4H2,1H3. The molecule has 0 aliphatic heterocycles. The van der Waals surface area contributed by atoms with Crippen molar-refractivity contribution in [2.24, 2.45) is 0 Å². The minimum Gasteiger partial charge on any atom is -0.264 e. The maximum atomic E-state index is 4.22. The van der Waals surface area contributed by atoms with Crippen LogP contribution in [0.5, 0.6) is 0 Å². The van der Waals surface area contributed by atoms with E-state index in [2.05, 4.69) is 18.0 Å². The van der Waals surface area contributed by atoms with E-state index in [-0.39, 0.29) is 0 Å².